The number of amides is 1. The standard InChI is InChI=1S/C12H15F2NO/c1-3-8(2)15-12(16)7-9-10(13)5-4-6-11(9)14/h4-6,8H,3,7H2,1-2H3,(H,15,16). The molecule has 1 rings (SSSR count). The average Bonchev–Trinajstić information content (AvgIpc) is 2.23. The Morgan fingerprint density at radius 3 is 2.44 bits per heavy atom. The molecule has 1 amide bonds. The number of rotatable bonds is 4. The van der Waals surface area contributed by atoms with Crippen molar-refractivity contribution in [3.05, 3.63) is 35.4 Å². The minimum absolute atomic E-state index is 0.0161. The molecule has 88 valence electrons. The fourth-order valence-electron chi connectivity index (χ4n) is 1.29. The van der Waals surface area contributed by atoms with E-state index in [0.717, 1.165) is 18.6 Å². The van der Waals surface area contributed by atoms with Crippen LogP contribution in [-0.4, -0.2) is 11.9 Å². The largest absolute Gasteiger partial charge is 0.353 e. The van der Waals surface area contributed by atoms with Crippen LogP contribution in [0, 0.1) is 11.6 Å². The van der Waals surface area contributed by atoms with Crippen LogP contribution in [0.2, 0.25) is 0 Å². The van der Waals surface area contributed by atoms with E-state index in [1.807, 2.05) is 13.8 Å². The van der Waals surface area contributed by atoms with Gasteiger partial charge in [-0.15, -0.1) is 0 Å². The third-order valence-corrected chi connectivity index (χ3v) is 2.42. The smallest absolute Gasteiger partial charge is 0.224 e. The molecule has 0 aromatic heterocycles. The summed E-state index contributed by atoms with van der Waals surface area (Å²) in [6.45, 7) is 3.77. The van der Waals surface area contributed by atoms with Gasteiger partial charge in [0.2, 0.25) is 5.91 Å². The second-order valence-corrected chi connectivity index (χ2v) is 3.75. The van der Waals surface area contributed by atoms with Gasteiger partial charge in [0.25, 0.3) is 0 Å². The van der Waals surface area contributed by atoms with Crippen LogP contribution in [-0.2, 0) is 11.2 Å². The monoisotopic (exact) mass is 227 g/mol. The molecule has 4 heteroatoms. The van der Waals surface area contributed by atoms with E-state index >= 15 is 0 Å². The Balaban J connectivity index is 2.70. The van der Waals surface area contributed by atoms with Crippen LogP contribution in [0.3, 0.4) is 0 Å². The second kappa shape index (κ2) is 5.58. The fraction of sp³-hybridized carbons (Fsp3) is 0.417. The number of nitrogens with one attached hydrogen (secondary N) is 1. The Morgan fingerprint density at radius 2 is 1.94 bits per heavy atom. The van der Waals surface area contributed by atoms with Gasteiger partial charge in [-0.2, -0.15) is 0 Å². The number of halogens is 2. The molecule has 0 saturated carbocycles. The van der Waals surface area contributed by atoms with E-state index in [9.17, 15) is 13.6 Å². The predicted octanol–water partition coefficient (Wildman–Crippen LogP) is 2.42. The summed E-state index contributed by atoms with van der Waals surface area (Å²) in [5, 5.41) is 2.66. The van der Waals surface area contributed by atoms with E-state index in [1.165, 1.54) is 6.07 Å². The molecule has 0 radical (unpaired) electrons. The van der Waals surface area contributed by atoms with Crippen LogP contribution in [0.1, 0.15) is 25.8 Å². The van der Waals surface area contributed by atoms with Gasteiger partial charge in [-0.05, 0) is 25.5 Å². The molecule has 2 nitrogen and oxygen atoms in total. The topological polar surface area (TPSA) is 29.1 Å². The zero-order valence-electron chi connectivity index (χ0n) is 9.39. The molecule has 1 unspecified atom stereocenters. The van der Waals surface area contributed by atoms with Crippen LogP contribution in [0.25, 0.3) is 0 Å². The summed E-state index contributed by atoms with van der Waals surface area (Å²) in [5.41, 5.74) is -0.177. The highest BCUT2D eigenvalue weighted by Gasteiger charge is 2.13. The average molecular weight is 227 g/mol. The molecular weight excluding hydrogens is 212 g/mol. The fourth-order valence-corrected chi connectivity index (χ4v) is 1.29. The third-order valence-electron chi connectivity index (χ3n) is 2.42. The zero-order valence-corrected chi connectivity index (χ0v) is 9.39. The highest BCUT2D eigenvalue weighted by atomic mass is 19.1. The summed E-state index contributed by atoms with van der Waals surface area (Å²) in [5.74, 6) is -1.73. The highest BCUT2D eigenvalue weighted by molar-refractivity contribution is 5.78. The maximum absolute atomic E-state index is 13.2. The molecular formula is C12H15F2NO. The summed E-state index contributed by atoms with van der Waals surface area (Å²) in [7, 11) is 0. The molecule has 0 aliphatic rings. The van der Waals surface area contributed by atoms with E-state index in [1.54, 1.807) is 0 Å². The molecule has 0 spiro atoms. The van der Waals surface area contributed by atoms with Crippen molar-refractivity contribution in [3.8, 4) is 0 Å². The molecule has 0 saturated heterocycles. The van der Waals surface area contributed by atoms with Crippen LogP contribution in [0.15, 0.2) is 18.2 Å². The number of hydrogen-bond acceptors (Lipinski definition) is 1. The minimum Gasteiger partial charge on any atom is -0.353 e. The first-order valence-corrected chi connectivity index (χ1v) is 5.26. The van der Waals surface area contributed by atoms with Crippen LogP contribution in [0.5, 0.6) is 0 Å². The molecule has 0 aliphatic carbocycles. The van der Waals surface area contributed by atoms with Gasteiger partial charge < -0.3 is 5.32 Å². The van der Waals surface area contributed by atoms with Gasteiger partial charge in [0.15, 0.2) is 0 Å². The number of benzene rings is 1. The number of hydrogen-bond donors (Lipinski definition) is 1. The molecule has 0 aliphatic heterocycles. The van der Waals surface area contributed by atoms with Crippen LogP contribution >= 0.6 is 0 Å². The number of carbonyl (C=O) groups is 1. The molecule has 0 heterocycles. The van der Waals surface area contributed by atoms with E-state index in [4.69, 9.17) is 0 Å². The van der Waals surface area contributed by atoms with Crippen molar-refractivity contribution in [2.24, 2.45) is 0 Å². The van der Waals surface area contributed by atoms with Crippen molar-refractivity contribution in [1.82, 2.24) is 5.32 Å². The molecule has 0 bridgehead atoms. The lowest BCUT2D eigenvalue weighted by atomic mass is 10.1. The maximum Gasteiger partial charge on any atom is 0.224 e. The Kier molecular flexibility index (Phi) is 4.40. The minimum atomic E-state index is -0.681. The lowest BCUT2D eigenvalue weighted by Crippen LogP contribution is -2.33. The van der Waals surface area contributed by atoms with Gasteiger partial charge in [0.05, 0.1) is 6.42 Å². The molecule has 1 aromatic rings. The quantitative estimate of drug-likeness (QED) is 0.841. The van der Waals surface area contributed by atoms with E-state index in [-0.39, 0.29) is 23.9 Å². The zero-order chi connectivity index (χ0) is 12.1. The summed E-state index contributed by atoms with van der Waals surface area (Å²) in [4.78, 5) is 11.4. The van der Waals surface area contributed by atoms with E-state index < -0.39 is 11.6 Å². The Bertz CT molecular complexity index is 359. The molecule has 1 N–H and O–H groups in total. The van der Waals surface area contributed by atoms with Gasteiger partial charge in [0, 0.05) is 11.6 Å². The molecule has 0 fully saturated rings. The second-order valence-electron chi connectivity index (χ2n) is 3.75. The van der Waals surface area contributed by atoms with Crippen molar-refractivity contribution >= 4 is 5.91 Å². The highest BCUT2D eigenvalue weighted by Crippen LogP contribution is 2.12. The Morgan fingerprint density at radius 1 is 1.38 bits per heavy atom. The first kappa shape index (κ1) is 12.6. The Hall–Kier alpha value is -1.45. The third kappa shape index (κ3) is 3.29. The van der Waals surface area contributed by atoms with Crippen LogP contribution < -0.4 is 5.32 Å². The molecule has 16 heavy (non-hydrogen) atoms. The van der Waals surface area contributed by atoms with Crippen LogP contribution in [0.4, 0.5) is 8.78 Å². The SMILES string of the molecule is CCC(C)NC(=O)Cc1c(F)cccc1F. The van der Waals surface area contributed by atoms with Gasteiger partial charge in [0.1, 0.15) is 11.6 Å². The van der Waals surface area contributed by atoms with Gasteiger partial charge in [-0.3, -0.25) is 4.79 Å². The van der Waals surface area contributed by atoms with E-state index in [2.05, 4.69) is 5.32 Å². The van der Waals surface area contributed by atoms with Gasteiger partial charge >= 0.3 is 0 Å². The van der Waals surface area contributed by atoms with Crippen molar-refractivity contribution < 1.29 is 13.6 Å². The summed E-state index contributed by atoms with van der Waals surface area (Å²) < 4.78 is 26.4. The van der Waals surface area contributed by atoms with Crippen molar-refractivity contribution in [3.63, 3.8) is 0 Å². The normalized spacial score (nSPS) is 12.2. The number of carbonyl (C=O) groups excluding carboxylic acids is 1. The molecule has 1 atom stereocenters. The molecule has 1 aromatic carbocycles. The van der Waals surface area contributed by atoms with Crippen molar-refractivity contribution in [2.75, 3.05) is 0 Å². The van der Waals surface area contributed by atoms with Crippen molar-refractivity contribution in [2.45, 2.75) is 32.7 Å². The Labute approximate surface area is 93.7 Å². The lowest BCUT2D eigenvalue weighted by molar-refractivity contribution is -0.121. The van der Waals surface area contributed by atoms with Crippen molar-refractivity contribution in [1.29, 1.82) is 0 Å². The first-order chi connectivity index (χ1) is 7.54. The first-order valence-electron chi connectivity index (χ1n) is 5.26. The van der Waals surface area contributed by atoms with E-state index in [0.29, 0.717) is 0 Å². The summed E-state index contributed by atoms with van der Waals surface area (Å²) in [6.07, 6.45) is 0.522. The maximum atomic E-state index is 13.2. The summed E-state index contributed by atoms with van der Waals surface area (Å²) >= 11 is 0. The van der Waals surface area contributed by atoms with Gasteiger partial charge in [-0.25, -0.2) is 8.78 Å². The van der Waals surface area contributed by atoms with Gasteiger partial charge in [-0.1, -0.05) is 13.0 Å². The summed E-state index contributed by atoms with van der Waals surface area (Å²) in [6, 6.07) is 3.59. The predicted molar refractivity (Wildman–Crippen MR) is 58.0 cm³/mol. The lowest BCUT2D eigenvalue weighted by Gasteiger charge is -2.11.